The van der Waals surface area contributed by atoms with E-state index in [4.69, 9.17) is 17.3 Å². The van der Waals surface area contributed by atoms with Crippen LogP contribution in [0.1, 0.15) is 24.8 Å². The Kier molecular flexibility index (Phi) is 2.69. The lowest BCUT2D eigenvalue weighted by atomic mass is 9.92. The van der Waals surface area contributed by atoms with Crippen molar-refractivity contribution in [3.05, 3.63) is 34.4 Å². The largest absolute Gasteiger partial charge is 0.330 e. The van der Waals surface area contributed by atoms with E-state index in [-0.39, 0.29) is 10.4 Å². The molecule has 0 radical (unpaired) electrons. The first-order valence-electron chi connectivity index (χ1n) is 4.95. The Morgan fingerprint density at radius 2 is 1.87 bits per heavy atom. The van der Waals surface area contributed by atoms with Gasteiger partial charge in [0.1, 0.15) is 11.6 Å². The van der Waals surface area contributed by atoms with Crippen molar-refractivity contribution >= 4 is 11.6 Å². The van der Waals surface area contributed by atoms with E-state index >= 15 is 0 Å². The summed E-state index contributed by atoms with van der Waals surface area (Å²) < 4.78 is 26.8. The molecule has 0 unspecified atom stereocenters. The van der Waals surface area contributed by atoms with Crippen molar-refractivity contribution in [3.8, 4) is 0 Å². The number of rotatable bonds is 3. The number of benzene rings is 1. The molecule has 82 valence electrons. The molecule has 0 amide bonds. The Bertz CT molecular complexity index is 388. The van der Waals surface area contributed by atoms with Gasteiger partial charge in [-0.15, -0.1) is 0 Å². The minimum absolute atomic E-state index is 0.0825. The van der Waals surface area contributed by atoms with Crippen LogP contribution in [0.5, 0.6) is 0 Å². The predicted octanol–water partition coefficient (Wildman–Crippen LogP) is 3.00. The van der Waals surface area contributed by atoms with Gasteiger partial charge in [0.05, 0.1) is 5.02 Å². The molecule has 1 nitrogen and oxygen atoms in total. The number of hydrogen-bond acceptors (Lipinski definition) is 1. The molecular formula is C11H12ClF2N. The van der Waals surface area contributed by atoms with Gasteiger partial charge in [0, 0.05) is 11.0 Å². The van der Waals surface area contributed by atoms with Crippen LogP contribution in [0.3, 0.4) is 0 Å². The second-order valence-corrected chi connectivity index (χ2v) is 4.42. The first kappa shape index (κ1) is 10.8. The molecule has 0 spiro atoms. The summed E-state index contributed by atoms with van der Waals surface area (Å²) in [6.07, 6.45) is 2.34. The molecule has 0 saturated heterocycles. The molecular weight excluding hydrogens is 220 g/mol. The highest BCUT2D eigenvalue weighted by molar-refractivity contribution is 6.31. The van der Waals surface area contributed by atoms with Crippen molar-refractivity contribution in [2.75, 3.05) is 6.54 Å². The van der Waals surface area contributed by atoms with E-state index in [0.717, 1.165) is 25.0 Å². The molecule has 2 N–H and O–H groups in total. The maximum atomic E-state index is 13.6. The zero-order valence-corrected chi connectivity index (χ0v) is 8.95. The van der Waals surface area contributed by atoms with Crippen LogP contribution in [0.2, 0.25) is 5.02 Å². The van der Waals surface area contributed by atoms with Crippen molar-refractivity contribution in [2.45, 2.75) is 24.7 Å². The van der Waals surface area contributed by atoms with Gasteiger partial charge in [-0.3, -0.25) is 0 Å². The molecule has 0 atom stereocenters. The van der Waals surface area contributed by atoms with E-state index in [1.54, 1.807) is 0 Å². The molecule has 1 aromatic rings. The fourth-order valence-corrected chi connectivity index (χ4v) is 2.42. The fraction of sp³-hybridized carbons (Fsp3) is 0.455. The molecule has 15 heavy (non-hydrogen) atoms. The van der Waals surface area contributed by atoms with Gasteiger partial charge >= 0.3 is 0 Å². The second-order valence-electron chi connectivity index (χ2n) is 4.04. The fourth-order valence-electron chi connectivity index (χ4n) is 2.07. The SMILES string of the molecule is NCCC1(c2c(F)ccc(F)c2Cl)CC1. The summed E-state index contributed by atoms with van der Waals surface area (Å²) in [4.78, 5) is 0. The quantitative estimate of drug-likeness (QED) is 0.796. The zero-order chi connectivity index (χ0) is 11.1. The van der Waals surface area contributed by atoms with Crippen LogP contribution in [0.25, 0.3) is 0 Å². The first-order chi connectivity index (χ1) is 7.10. The van der Waals surface area contributed by atoms with Gasteiger partial charge in [0.25, 0.3) is 0 Å². The summed E-state index contributed by atoms with van der Waals surface area (Å²) in [6, 6.07) is 2.19. The third-order valence-electron chi connectivity index (χ3n) is 3.05. The topological polar surface area (TPSA) is 26.0 Å². The Hall–Kier alpha value is -0.670. The highest BCUT2D eigenvalue weighted by atomic mass is 35.5. The summed E-state index contributed by atoms with van der Waals surface area (Å²) >= 11 is 5.80. The van der Waals surface area contributed by atoms with Crippen LogP contribution in [0.4, 0.5) is 8.78 Å². The summed E-state index contributed by atoms with van der Waals surface area (Å²) in [5.74, 6) is -0.983. The van der Waals surface area contributed by atoms with Crippen LogP contribution in [-0.2, 0) is 5.41 Å². The van der Waals surface area contributed by atoms with Crippen LogP contribution < -0.4 is 5.73 Å². The normalized spacial score (nSPS) is 17.9. The van der Waals surface area contributed by atoms with E-state index in [1.165, 1.54) is 0 Å². The lowest BCUT2D eigenvalue weighted by Gasteiger charge is -2.17. The van der Waals surface area contributed by atoms with Crippen molar-refractivity contribution in [3.63, 3.8) is 0 Å². The van der Waals surface area contributed by atoms with Crippen LogP contribution in [0.15, 0.2) is 12.1 Å². The second kappa shape index (κ2) is 3.72. The van der Waals surface area contributed by atoms with E-state index in [9.17, 15) is 8.78 Å². The van der Waals surface area contributed by atoms with Crippen molar-refractivity contribution in [2.24, 2.45) is 5.73 Å². The number of nitrogens with two attached hydrogens (primary N) is 1. The average Bonchev–Trinajstić information content (AvgIpc) is 2.94. The summed E-state index contributed by atoms with van der Waals surface area (Å²) in [6.45, 7) is 0.465. The van der Waals surface area contributed by atoms with Gasteiger partial charge in [-0.2, -0.15) is 0 Å². The molecule has 2 rings (SSSR count). The monoisotopic (exact) mass is 231 g/mol. The highest BCUT2D eigenvalue weighted by Crippen LogP contribution is 2.53. The van der Waals surface area contributed by atoms with E-state index in [1.807, 2.05) is 0 Å². The van der Waals surface area contributed by atoms with Crippen LogP contribution in [-0.4, -0.2) is 6.54 Å². The van der Waals surface area contributed by atoms with Crippen LogP contribution in [0, 0.1) is 11.6 Å². The van der Waals surface area contributed by atoms with Crippen molar-refractivity contribution in [1.29, 1.82) is 0 Å². The van der Waals surface area contributed by atoms with Crippen molar-refractivity contribution in [1.82, 2.24) is 0 Å². The maximum absolute atomic E-state index is 13.6. The maximum Gasteiger partial charge on any atom is 0.142 e. The Labute approximate surface area is 92.2 Å². The van der Waals surface area contributed by atoms with Gasteiger partial charge in [0.15, 0.2) is 0 Å². The molecule has 0 aromatic heterocycles. The van der Waals surface area contributed by atoms with E-state index in [0.29, 0.717) is 18.5 Å². The van der Waals surface area contributed by atoms with Gasteiger partial charge < -0.3 is 5.73 Å². The minimum Gasteiger partial charge on any atom is -0.330 e. The highest BCUT2D eigenvalue weighted by Gasteiger charge is 2.46. The smallest absolute Gasteiger partial charge is 0.142 e. The molecule has 1 aliphatic rings. The Morgan fingerprint density at radius 1 is 1.27 bits per heavy atom. The molecule has 1 aromatic carbocycles. The van der Waals surface area contributed by atoms with Crippen LogP contribution >= 0.6 is 11.6 Å². The minimum atomic E-state index is -0.559. The average molecular weight is 232 g/mol. The van der Waals surface area contributed by atoms with Crippen molar-refractivity contribution < 1.29 is 8.78 Å². The standard InChI is InChI=1S/C11H12ClF2N/c12-10-8(14)2-1-7(13)9(10)11(3-4-11)5-6-15/h1-2H,3-6,15H2. The molecule has 1 aliphatic carbocycles. The molecule has 1 fully saturated rings. The zero-order valence-electron chi connectivity index (χ0n) is 8.19. The third-order valence-corrected chi connectivity index (χ3v) is 3.42. The van der Waals surface area contributed by atoms with Gasteiger partial charge in [-0.25, -0.2) is 8.78 Å². The molecule has 4 heteroatoms. The van der Waals surface area contributed by atoms with Gasteiger partial charge in [-0.1, -0.05) is 11.6 Å². The molecule has 0 bridgehead atoms. The summed E-state index contributed by atoms with van der Waals surface area (Å²) in [7, 11) is 0. The predicted molar refractivity (Wildman–Crippen MR) is 56.0 cm³/mol. The lowest BCUT2D eigenvalue weighted by molar-refractivity contribution is 0.537. The molecule has 1 saturated carbocycles. The molecule has 0 aliphatic heterocycles. The lowest BCUT2D eigenvalue weighted by Crippen LogP contribution is -2.16. The summed E-state index contributed by atoms with van der Waals surface area (Å²) in [5.41, 5.74) is 5.48. The number of hydrogen-bond donors (Lipinski definition) is 1. The van der Waals surface area contributed by atoms with Gasteiger partial charge in [0.2, 0.25) is 0 Å². The summed E-state index contributed by atoms with van der Waals surface area (Å²) in [5, 5.41) is -0.0825. The molecule has 0 heterocycles. The van der Waals surface area contributed by atoms with E-state index in [2.05, 4.69) is 0 Å². The number of halogens is 3. The Morgan fingerprint density at radius 3 is 2.40 bits per heavy atom. The first-order valence-corrected chi connectivity index (χ1v) is 5.32. The Balaban J connectivity index is 2.47. The third kappa shape index (κ3) is 1.74. The van der Waals surface area contributed by atoms with E-state index < -0.39 is 11.6 Å². The van der Waals surface area contributed by atoms with Gasteiger partial charge in [-0.05, 0) is 37.9 Å².